The molecule has 1 nitrogen and oxygen atoms in total. The van der Waals surface area contributed by atoms with E-state index in [0.29, 0.717) is 5.92 Å². The van der Waals surface area contributed by atoms with Crippen LogP contribution in [0, 0.1) is 5.92 Å². The van der Waals surface area contributed by atoms with E-state index in [4.69, 9.17) is 11.6 Å². The van der Waals surface area contributed by atoms with Gasteiger partial charge in [0.1, 0.15) is 0 Å². The third kappa shape index (κ3) is 1.87. The first-order chi connectivity index (χ1) is 7.70. The van der Waals surface area contributed by atoms with Crippen LogP contribution in [0.4, 0.5) is 0 Å². The number of benzene rings is 1. The topological polar surface area (TPSA) is 12.0 Å². The molecule has 0 radical (unpaired) electrons. The lowest BCUT2D eigenvalue weighted by Crippen LogP contribution is -2.47. The predicted molar refractivity (Wildman–Crippen MR) is 69.8 cm³/mol. The van der Waals surface area contributed by atoms with Crippen LogP contribution in [0.15, 0.2) is 24.3 Å². The Kier molecular flexibility index (Phi) is 3.56. The Morgan fingerprint density at radius 3 is 2.69 bits per heavy atom. The van der Waals surface area contributed by atoms with Crippen molar-refractivity contribution in [2.75, 3.05) is 7.05 Å². The van der Waals surface area contributed by atoms with Crippen molar-refractivity contribution in [1.82, 2.24) is 5.32 Å². The highest BCUT2D eigenvalue weighted by molar-refractivity contribution is 6.31. The van der Waals surface area contributed by atoms with Gasteiger partial charge in [0.2, 0.25) is 0 Å². The maximum absolute atomic E-state index is 6.35. The normalized spacial score (nSPS) is 30.3. The van der Waals surface area contributed by atoms with E-state index in [0.717, 1.165) is 5.02 Å². The van der Waals surface area contributed by atoms with Crippen LogP contribution in [0.1, 0.15) is 38.2 Å². The summed E-state index contributed by atoms with van der Waals surface area (Å²) in [6.45, 7) is 2.33. The fourth-order valence-electron chi connectivity index (χ4n) is 3.08. The molecule has 1 N–H and O–H groups in total. The van der Waals surface area contributed by atoms with Crippen molar-refractivity contribution in [3.05, 3.63) is 34.9 Å². The Balaban J connectivity index is 2.44. The highest BCUT2D eigenvalue weighted by Gasteiger charge is 2.39. The van der Waals surface area contributed by atoms with Crippen LogP contribution in [-0.4, -0.2) is 7.05 Å². The van der Waals surface area contributed by atoms with Gasteiger partial charge in [-0.15, -0.1) is 0 Å². The smallest absolute Gasteiger partial charge is 0.0472 e. The molecule has 0 bridgehead atoms. The molecule has 1 fully saturated rings. The number of rotatable bonds is 2. The SMILES string of the molecule is CNC1(c2ccccc2Cl)CCCCC1C. The number of nitrogens with one attached hydrogen (secondary N) is 1. The van der Waals surface area contributed by atoms with E-state index in [-0.39, 0.29) is 5.54 Å². The van der Waals surface area contributed by atoms with Crippen LogP contribution in [-0.2, 0) is 5.54 Å². The van der Waals surface area contributed by atoms with Crippen LogP contribution < -0.4 is 5.32 Å². The summed E-state index contributed by atoms with van der Waals surface area (Å²) < 4.78 is 0. The third-order valence-corrected chi connectivity index (χ3v) is 4.43. The van der Waals surface area contributed by atoms with Crippen molar-refractivity contribution in [2.45, 2.75) is 38.1 Å². The highest BCUT2D eigenvalue weighted by Crippen LogP contribution is 2.43. The lowest BCUT2D eigenvalue weighted by atomic mass is 9.70. The molecule has 2 rings (SSSR count). The molecule has 0 aliphatic heterocycles. The summed E-state index contributed by atoms with van der Waals surface area (Å²) in [7, 11) is 2.06. The molecular weight excluding hydrogens is 218 g/mol. The Morgan fingerprint density at radius 1 is 1.31 bits per heavy atom. The summed E-state index contributed by atoms with van der Waals surface area (Å²) in [6.07, 6.45) is 5.10. The summed E-state index contributed by atoms with van der Waals surface area (Å²) in [5.74, 6) is 0.645. The van der Waals surface area contributed by atoms with E-state index < -0.39 is 0 Å². The minimum Gasteiger partial charge on any atom is -0.310 e. The average Bonchev–Trinajstić information content (AvgIpc) is 2.31. The Hall–Kier alpha value is -0.530. The maximum Gasteiger partial charge on any atom is 0.0472 e. The predicted octanol–water partition coefficient (Wildman–Crippen LogP) is 3.96. The van der Waals surface area contributed by atoms with Crippen LogP contribution in [0.25, 0.3) is 0 Å². The van der Waals surface area contributed by atoms with E-state index in [1.807, 2.05) is 12.1 Å². The van der Waals surface area contributed by atoms with Gasteiger partial charge >= 0.3 is 0 Å². The average molecular weight is 238 g/mol. The minimum absolute atomic E-state index is 0.0800. The Bertz CT molecular complexity index is 364. The minimum atomic E-state index is 0.0800. The van der Waals surface area contributed by atoms with Crippen LogP contribution in [0.5, 0.6) is 0 Å². The maximum atomic E-state index is 6.35. The fraction of sp³-hybridized carbons (Fsp3) is 0.571. The van der Waals surface area contributed by atoms with Gasteiger partial charge in [0.25, 0.3) is 0 Å². The van der Waals surface area contributed by atoms with Crippen molar-refractivity contribution in [3.8, 4) is 0 Å². The molecule has 0 saturated heterocycles. The summed E-state index contributed by atoms with van der Waals surface area (Å²) in [5, 5.41) is 4.43. The van der Waals surface area contributed by atoms with Crippen molar-refractivity contribution in [1.29, 1.82) is 0 Å². The molecule has 1 saturated carbocycles. The van der Waals surface area contributed by atoms with Crippen LogP contribution >= 0.6 is 11.6 Å². The first-order valence-corrected chi connectivity index (χ1v) is 6.52. The third-order valence-electron chi connectivity index (χ3n) is 4.10. The molecular formula is C14H20ClN. The van der Waals surface area contributed by atoms with E-state index in [2.05, 4.69) is 31.4 Å². The summed E-state index contributed by atoms with van der Waals surface area (Å²) in [6, 6.07) is 8.25. The lowest BCUT2D eigenvalue weighted by Gasteiger charge is -2.43. The standard InChI is InChI=1S/C14H20ClN/c1-11-7-5-6-10-14(11,16-2)12-8-3-4-9-13(12)15/h3-4,8-9,11,16H,5-7,10H2,1-2H3. The number of halogens is 1. The number of hydrogen-bond donors (Lipinski definition) is 1. The molecule has 0 heterocycles. The summed E-state index contributed by atoms with van der Waals surface area (Å²) in [5.41, 5.74) is 1.35. The zero-order chi connectivity index (χ0) is 11.6. The second-order valence-electron chi connectivity index (χ2n) is 4.85. The van der Waals surface area contributed by atoms with E-state index in [1.165, 1.54) is 31.2 Å². The van der Waals surface area contributed by atoms with E-state index in [9.17, 15) is 0 Å². The van der Waals surface area contributed by atoms with Gasteiger partial charge in [0.15, 0.2) is 0 Å². The molecule has 0 aromatic heterocycles. The molecule has 2 atom stereocenters. The summed E-state index contributed by atoms with van der Waals surface area (Å²) in [4.78, 5) is 0. The molecule has 16 heavy (non-hydrogen) atoms. The monoisotopic (exact) mass is 237 g/mol. The van der Waals surface area contributed by atoms with Gasteiger partial charge < -0.3 is 5.32 Å². The van der Waals surface area contributed by atoms with Gasteiger partial charge in [-0.25, -0.2) is 0 Å². The first-order valence-electron chi connectivity index (χ1n) is 6.14. The van der Waals surface area contributed by atoms with E-state index >= 15 is 0 Å². The fourth-order valence-corrected chi connectivity index (χ4v) is 3.38. The molecule has 1 aliphatic carbocycles. The van der Waals surface area contributed by atoms with Crippen molar-refractivity contribution in [3.63, 3.8) is 0 Å². The van der Waals surface area contributed by atoms with Gasteiger partial charge in [-0.2, -0.15) is 0 Å². The van der Waals surface area contributed by atoms with Gasteiger partial charge in [-0.3, -0.25) is 0 Å². The summed E-state index contributed by atoms with van der Waals surface area (Å²) >= 11 is 6.35. The van der Waals surface area contributed by atoms with Gasteiger partial charge in [-0.05, 0) is 37.4 Å². The Morgan fingerprint density at radius 2 is 2.06 bits per heavy atom. The molecule has 2 unspecified atom stereocenters. The number of hydrogen-bond acceptors (Lipinski definition) is 1. The lowest BCUT2D eigenvalue weighted by molar-refractivity contribution is 0.165. The van der Waals surface area contributed by atoms with Gasteiger partial charge in [0, 0.05) is 10.6 Å². The largest absolute Gasteiger partial charge is 0.310 e. The highest BCUT2D eigenvalue weighted by atomic mass is 35.5. The van der Waals surface area contributed by atoms with Crippen molar-refractivity contribution >= 4 is 11.6 Å². The second-order valence-corrected chi connectivity index (χ2v) is 5.26. The zero-order valence-electron chi connectivity index (χ0n) is 10.1. The zero-order valence-corrected chi connectivity index (χ0v) is 10.8. The molecule has 1 aromatic carbocycles. The molecule has 88 valence electrons. The molecule has 0 amide bonds. The molecule has 2 heteroatoms. The van der Waals surface area contributed by atoms with Gasteiger partial charge in [0.05, 0.1) is 0 Å². The van der Waals surface area contributed by atoms with Crippen molar-refractivity contribution in [2.24, 2.45) is 5.92 Å². The van der Waals surface area contributed by atoms with Crippen LogP contribution in [0.2, 0.25) is 5.02 Å². The Labute approximate surface area is 103 Å². The van der Waals surface area contributed by atoms with Crippen molar-refractivity contribution < 1.29 is 0 Å². The second kappa shape index (κ2) is 4.77. The molecule has 1 aliphatic rings. The van der Waals surface area contributed by atoms with E-state index in [1.54, 1.807) is 0 Å². The first kappa shape index (κ1) is 11.9. The quantitative estimate of drug-likeness (QED) is 0.821. The van der Waals surface area contributed by atoms with Crippen LogP contribution in [0.3, 0.4) is 0 Å². The molecule has 1 aromatic rings. The molecule has 0 spiro atoms. The van der Waals surface area contributed by atoms with Gasteiger partial charge in [-0.1, -0.05) is 49.6 Å².